The van der Waals surface area contributed by atoms with Crippen molar-refractivity contribution in [3.05, 3.63) is 18.2 Å². The number of carbonyl (C=O) groups is 3. The molecule has 0 radical (unpaired) electrons. The van der Waals surface area contributed by atoms with Crippen LogP contribution in [-0.2, 0) is 20.8 Å². The van der Waals surface area contributed by atoms with E-state index in [1.807, 2.05) is 0 Å². The highest BCUT2D eigenvalue weighted by Gasteiger charge is 2.27. The first kappa shape index (κ1) is 23.2. The summed E-state index contributed by atoms with van der Waals surface area (Å²) in [6.45, 7) is 0.233. The molecule has 10 N–H and O–H groups in total. The van der Waals surface area contributed by atoms with Gasteiger partial charge >= 0.3 is 5.97 Å². The summed E-state index contributed by atoms with van der Waals surface area (Å²) in [5.41, 5.74) is 16.9. The van der Waals surface area contributed by atoms with Gasteiger partial charge in [-0.25, -0.2) is 9.78 Å². The van der Waals surface area contributed by atoms with Gasteiger partial charge in [0.1, 0.15) is 12.1 Å². The van der Waals surface area contributed by atoms with Crippen LogP contribution >= 0.6 is 12.6 Å². The van der Waals surface area contributed by atoms with Crippen LogP contribution in [0.3, 0.4) is 0 Å². The van der Waals surface area contributed by atoms with Crippen LogP contribution in [0.1, 0.15) is 18.5 Å². The van der Waals surface area contributed by atoms with Crippen LogP contribution in [-0.4, -0.2) is 69.2 Å². The fraction of sp³-hybridized carbons (Fsp3) is 0.533. The Labute approximate surface area is 167 Å². The molecule has 12 nitrogen and oxygen atoms in total. The van der Waals surface area contributed by atoms with E-state index in [-0.39, 0.29) is 31.1 Å². The van der Waals surface area contributed by atoms with Crippen molar-refractivity contribution in [3.8, 4) is 0 Å². The monoisotopic (exact) mass is 414 g/mol. The Morgan fingerprint density at radius 3 is 2.46 bits per heavy atom. The van der Waals surface area contributed by atoms with Crippen molar-refractivity contribution in [3.63, 3.8) is 0 Å². The number of imidazole rings is 1. The number of aromatic amines is 1. The number of H-pyrrole nitrogens is 1. The molecular weight excluding hydrogens is 388 g/mol. The predicted molar refractivity (Wildman–Crippen MR) is 106 cm³/mol. The molecular formula is C15H26N8O4S. The number of aliphatic carboxylic acids is 1. The van der Waals surface area contributed by atoms with Crippen molar-refractivity contribution in [1.29, 1.82) is 0 Å². The third-order valence-corrected chi connectivity index (χ3v) is 4.07. The fourth-order valence-electron chi connectivity index (χ4n) is 2.23. The van der Waals surface area contributed by atoms with Gasteiger partial charge < -0.3 is 37.9 Å². The molecule has 1 rings (SSSR count). The number of amides is 2. The number of carboxylic acids is 1. The van der Waals surface area contributed by atoms with Crippen LogP contribution < -0.4 is 27.8 Å². The molecule has 0 aliphatic rings. The van der Waals surface area contributed by atoms with Crippen molar-refractivity contribution < 1.29 is 19.5 Å². The summed E-state index contributed by atoms with van der Waals surface area (Å²) >= 11 is 4.04. The lowest BCUT2D eigenvalue weighted by molar-refractivity contribution is -0.142. The molecule has 156 valence electrons. The average Bonchev–Trinajstić information content (AvgIpc) is 3.14. The van der Waals surface area contributed by atoms with Gasteiger partial charge in [0.2, 0.25) is 11.8 Å². The maximum atomic E-state index is 12.3. The van der Waals surface area contributed by atoms with E-state index in [2.05, 4.69) is 38.2 Å². The van der Waals surface area contributed by atoms with Crippen LogP contribution in [0.25, 0.3) is 0 Å². The molecule has 0 aliphatic heterocycles. The number of nitrogens with zero attached hydrogens (tertiary/aromatic N) is 2. The Morgan fingerprint density at radius 2 is 1.93 bits per heavy atom. The molecule has 3 atom stereocenters. The minimum atomic E-state index is -1.21. The molecule has 28 heavy (non-hydrogen) atoms. The third kappa shape index (κ3) is 8.26. The van der Waals surface area contributed by atoms with Crippen LogP contribution in [0, 0.1) is 0 Å². The highest BCUT2D eigenvalue weighted by Crippen LogP contribution is 2.02. The topological polar surface area (TPSA) is 215 Å². The van der Waals surface area contributed by atoms with Gasteiger partial charge in [0.15, 0.2) is 5.96 Å². The van der Waals surface area contributed by atoms with E-state index in [0.29, 0.717) is 12.1 Å². The second-order valence-corrected chi connectivity index (χ2v) is 6.34. The summed E-state index contributed by atoms with van der Waals surface area (Å²) < 4.78 is 0. The van der Waals surface area contributed by atoms with Gasteiger partial charge in [0.25, 0.3) is 0 Å². The standard InChI is InChI=1S/C15H26N8O4S/c16-9(4-8-5-19-7-21-8)12(24)23-11(6-28)13(25)22-10(14(26)27)2-1-3-20-15(17)18/h5,7,9-11,28H,1-4,6,16H2,(H,19,21)(H,22,25)(H,23,24)(H,26,27)(H4,17,18,20). The van der Waals surface area contributed by atoms with Gasteiger partial charge in [0.05, 0.1) is 12.4 Å². The lowest BCUT2D eigenvalue weighted by atomic mass is 10.1. The lowest BCUT2D eigenvalue weighted by Crippen LogP contribution is -2.55. The Balaban J connectivity index is 2.57. The van der Waals surface area contributed by atoms with Gasteiger partial charge in [0, 0.05) is 30.6 Å². The van der Waals surface area contributed by atoms with Crippen molar-refractivity contribution in [1.82, 2.24) is 20.6 Å². The predicted octanol–water partition coefficient (Wildman–Crippen LogP) is -2.68. The number of carboxylic acid groups (broad SMARTS) is 1. The van der Waals surface area contributed by atoms with E-state index < -0.39 is 35.9 Å². The summed E-state index contributed by atoms with van der Waals surface area (Å²) in [5.74, 6) is -2.58. The first-order valence-corrected chi connectivity index (χ1v) is 9.10. The Morgan fingerprint density at radius 1 is 1.25 bits per heavy atom. The van der Waals surface area contributed by atoms with E-state index in [4.69, 9.17) is 17.2 Å². The van der Waals surface area contributed by atoms with Crippen LogP contribution in [0.5, 0.6) is 0 Å². The number of aromatic nitrogens is 2. The zero-order valence-corrected chi connectivity index (χ0v) is 16.1. The van der Waals surface area contributed by atoms with E-state index in [1.165, 1.54) is 12.5 Å². The summed E-state index contributed by atoms with van der Waals surface area (Å²) in [6.07, 6.45) is 3.67. The quantitative estimate of drug-likeness (QED) is 0.0778. The molecule has 3 unspecified atom stereocenters. The molecule has 0 fully saturated rings. The zero-order chi connectivity index (χ0) is 21.1. The van der Waals surface area contributed by atoms with E-state index in [9.17, 15) is 19.5 Å². The summed E-state index contributed by atoms with van der Waals surface area (Å²) in [6, 6.07) is -3.10. The zero-order valence-electron chi connectivity index (χ0n) is 15.2. The Hall–Kier alpha value is -2.80. The number of hydrogen-bond donors (Lipinski definition) is 8. The van der Waals surface area contributed by atoms with Gasteiger partial charge in [-0.3, -0.25) is 14.6 Å². The van der Waals surface area contributed by atoms with E-state index in [1.54, 1.807) is 0 Å². The van der Waals surface area contributed by atoms with Crippen LogP contribution in [0.2, 0.25) is 0 Å². The van der Waals surface area contributed by atoms with Gasteiger partial charge in [-0.15, -0.1) is 0 Å². The number of guanidine groups is 1. The molecule has 1 aromatic rings. The second kappa shape index (κ2) is 11.8. The molecule has 2 amide bonds. The normalized spacial score (nSPS) is 13.8. The first-order valence-electron chi connectivity index (χ1n) is 8.47. The molecule has 0 aromatic carbocycles. The number of thiol groups is 1. The van der Waals surface area contributed by atoms with Crippen molar-refractivity contribution in [2.45, 2.75) is 37.4 Å². The van der Waals surface area contributed by atoms with Crippen molar-refractivity contribution >= 4 is 36.4 Å². The van der Waals surface area contributed by atoms with Gasteiger partial charge in [-0.2, -0.15) is 12.6 Å². The molecule has 0 saturated carbocycles. The molecule has 13 heteroatoms. The Kier molecular flexibility index (Phi) is 9.81. The minimum Gasteiger partial charge on any atom is -0.480 e. The highest BCUT2D eigenvalue weighted by atomic mass is 32.1. The summed E-state index contributed by atoms with van der Waals surface area (Å²) in [4.78, 5) is 46.3. The number of aliphatic imine (C=N–C) groups is 1. The minimum absolute atomic E-state index is 0.0330. The second-order valence-electron chi connectivity index (χ2n) is 5.98. The number of rotatable bonds is 12. The number of nitrogens with two attached hydrogens (primary N) is 3. The molecule has 0 aliphatic carbocycles. The van der Waals surface area contributed by atoms with E-state index in [0.717, 1.165) is 0 Å². The van der Waals surface area contributed by atoms with E-state index >= 15 is 0 Å². The number of carbonyl (C=O) groups excluding carboxylic acids is 2. The molecule has 0 bridgehead atoms. The third-order valence-electron chi connectivity index (χ3n) is 3.71. The fourth-order valence-corrected chi connectivity index (χ4v) is 2.49. The molecule has 0 spiro atoms. The summed E-state index contributed by atoms with van der Waals surface area (Å²) in [7, 11) is 0. The lowest BCUT2D eigenvalue weighted by Gasteiger charge is -2.21. The molecule has 1 heterocycles. The number of nitrogens with one attached hydrogen (secondary N) is 3. The van der Waals surface area contributed by atoms with Crippen LogP contribution in [0.15, 0.2) is 17.5 Å². The smallest absolute Gasteiger partial charge is 0.326 e. The maximum Gasteiger partial charge on any atom is 0.326 e. The van der Waals surface area contributed by atoms with Crippen molar-refractivity contribution in [2.24, 2.45) is 22.2 Å². The van der Waals surface area contributed by atoms with Crippen LogP contribution in [0.4, 0.5) is 0 Å². The first-order chi connectivity index (χ1) is 13.2. The number of hydrogen-bond acceptors (Lipinski definition) is 7. The van der Waals surface area contributed by atoms with Gasteiger partial charge in [-0.1, -0.05) is 0 Å². The average molecular weight is 414 g/mol. The highest BCUT2D eigenvalue weighted by molar-refractivity contribution is 7.80. The largest absolute Gasteiger partial charge is 0.480 e. The summed E-state index contributed by atoms with van der Waals surface area (Å²) in [5, 5.41) is 14.1. The molecule has 0 saturated heterocycles. The SMILES string of the molecule is NC(N)=NCCCC(NC(=O)C(CS)NC(=O)C(N)Cc1cnc[nH]1)C(=O)O. The Bertz CT molecular complexity index is 678. The van der Waals surface area contributed by atoms with Gasteiger partial charge in [-0.05, 0) is 12.8 Å². The van der Waals surface area contributed by atoms with Crippen molar-refractivity contribution in [2.75, 3.05) is 12.3 Å². The maximum absolute atomic E-state index is 12.3. The molecule has 1 aromatic heterocycles.